The van der Waals surface area contributed by atoms with Gasteiger partial charge in [-0.05, 0) is 55.8 Å². The topological polar surface area (TPSA) is 9.72 Å². The normalized spacial score (nSPS) is 14.5. The Hall–Kier alpha value is -2.94. The summed E-state index contributed by atoms with van der Waals surface area (Å²) in [5.74, 6) is 0. The average Bonchev–Trinajstić information content (AvgIpc) is 3.21. The Labute approximate surface area is 168 Å². The summed E-state index contributed by atoms with van der Waals surface area (Å²) in [4.78, 5) is 7.42. The Morgan fingerprint density at radius 2 is 1.14 bits per heavy atom. The van der Waals surface area contributed by atoms with Crippen LogP contribution >= 0.6 is 0 Å². The predicted molar refractivity (Wildman–Crippen MR) is 120 cm³/mol. The highest BCUT2D eigenvalue weighted by atomic mass is 15.4. The molecular formula is C25H29N3. The van der Waals surface area contributed by atoms with Crippen LogP contribution < -0.4 is 14.7 Å². The maximum Gasteiger partial charge on any atom is 0.128 e. The molecule has 1 aliphatic heterocycles. The summed E-state index contributed by atoms with van der Waals surface area (Å²) >= 11 is 0. The van der Waals surface area contributed by atoms with Crippen LogP contribution in [0.2, 0.25) is 0 Å². The fraction of sp³-hybridized carbons (Fsp3) is 0.280. The molecule has 3 heteroatoms. The highest BCUT2D eigenvalue weighted by Gasteiger charge is 2.33. The van der Waals surface area contributed by atoms with E-state index in [2.05, 4.69) is 113 Å². The molecule has 0 saturated carbocycles. The average molecular weight is 372 g/mol. The summed E-state index contributed by atoms with van der Waals surface area (Å²) in [5.41, 5.74) is 5.18. The molecule has 4 rings (SSSR count). The molecule has 1 heterocycles. The van der Waals surface area contributed by atoms with Crippen LogP contribution in [0.4, 0.5) is 17.1 Å². The molecule has 28 heavy (non-hydrogen) atoms. The van der Waals surface area contributed by atoms with Gasteiger partial charge in [0, 0.05) is 43.2 Å². The maximum absolute atomic E-state index is 2.51. The highest BCUT2D eigenvalue weighted by molar-refractivity contribution is 5.60. The number of para-hydroxylation sites is 2. The van der Waals surface area contributed by atoms with Gasteiger partial charge in [0.15, 0.2) is 0 Å². The number of nitrogens with zero attached hydrogens (tertiary/aromatic N) is 3. The number of anilines is 3. The SMILES string of the molecule is CCN(CC)c1ccc(C2N(c3ccccc3)CCN2c2ccccc2)cc1. The van der Waals surface area contributed by atoms with Crippen molar-refractivity contribution in [3.8, 4) is 0 Å². The van der Waals surface area contributed by atoms with Crippen molar-refractivity contribution >= 4 is 17.1 Å². The van der Waals surface area contributed by atoms with Crippen molar-refractivity contribution in [2.24, 2.45) is 0 Å². The predicted octanol–water partition coefficient (Wildman–Crippen LogP) is 5.56. The second-order valence-electron chi connectivity index (χ2n) is 7.20. The van der Waals surface area contributed by atoms with E-state index in [1.165, 1.54) is 22.6 Å². The standard InChI is InChI=1S/C25H29N3/c1-3-26(4-2)22-17-15-21(16-18-22)25-27(23-11-7-5-8-12-23)19-20-28(25)24-13-9-6-10-14-24/h5-18,25H,3-4,19-20H2,1-2H3. The largest absolute Gasteiger partial charge is 0.372 e. The summed E-state index contributed by atoms with van der Waals surface area (Å²) in [6, 6.07) is 30.7. The van der Waals surface area contributed by atoms with Crippen molar-refractivity contribution < 1.29 is 0 Å². The minimum absolute atomic E-state index is 0.204. The molecule has 1 saturated heterocycles. The first-order valence-corrected chi connectivity index (χ1v) is 10.3. The lowest BCUT2D eigenvalue weighted by atomic mass is 10.1. The molecule has 0 unspecified atom stereocenters. The van der Waals surface area contributed by atoms with Gasteiger partial charge in [0.25, 0.3) is 0 Å². The number of hydrogen-bond acceptors (Lipinski definition) is 3. The zero-order valence-corrected chi connectivity index (χ0v) is 16.8. The Morgan fingerprint density at radius 3 is 1.57 bits per heavy atom. The number of hydrogen-bond donors (Lipinski definition) is 0. The number of rotatable bonds is 6. The first-order chi connectivity index (χ1) is 13.8. The Kier molecular flexibility index (Phi) is 5.52. The van der Waals surface area contributed by atoms with E-state index in [0.29, 0.717) is 0 Å². The van der Waals surface area contributed by atoms with Crippen molar-refractivity contribution in [3.63, 3.8) is 0 Å². The summed E-state index contributed by atoms with van der Waals surface area (Å²) in [6.07, 6.45) is 0.204. The third-order valence-corrected chi connectivity index (χ3v) is 5.67. The second kappa shape index (κ2) is 8.39. The molecule has 0 radical (unpaired) electrons. The molecule has 0 atom stereocenters. The van der Waals surface area contributed by atoms with E-state index in [1.807, 2.05) is 0 Å². The van der Waals surface area contributed by atoms with Crippen molar-refractivity contribution in [1.82, 2.24) is 0 Å². The van der Waals surface area contributed by atoms with E-state index in [1.54, 1.807) is 0 Å². The van der Waals surface area contributed by atoms with Crippen LogP contribution in [0.15, 0.2) is 84.9 Å². The quantitative estimate of drug-likeness (QED) is 0.562. The van der Waals surface area contributed by atoms with Crippen molar-refractivity contribution in [3.05, 3.63) is 90.5 Å². The van der Waals surface area contributed by atoms with Gasteiger partial charge in [-0.15, -0.1) is 0 Å². The molecule has 0 aromatic heterocycles. The monoisotopic (exact) mass is 371 g/mol. The molecule has 0 N–H and O–H groups in total. The third-order valence-electron chi connectivity index (χ3n) is 5.67. The summed E-state index contributed by atoms with van der Waals surface area (Å²) in [5, 5.41) is 0. The first-order valence-electron chi connectivity index (χ1n) is 10.3. The third kappa shape index (κ3) is 3.57. The molecule has 1 aliphatic rings. The van der Waals surface area contributed by atoms with Crippen LogP contribution in [0.5, 0.6) is 0 Å². The lowest BCUT2D eigenvalue weighted by Gasteiger charge is -2.33. The van der Waals surface area contributed by atoms with Gasteiger partial charge in [0.05, 0.1) is 0 Å². The van der Waals surface area contributed by atoms with E-state index >= 15 is 0 Å². The van der Waals surface area contributed by atoms with Crippen molar-refractivity contribution in [2.45, 2.75) is 20.0 Å². The lowest BCUT2D eigenvalue weighted by Crippen LogP contribution is -2.31. The molecule has 1 fully saturated rings. The fourth-order valence-corrected chi connectivity index (χ4v) is 4.21. The van der Waals surface area contributed by atoms with E-state index in [-0.39, 0.29) is 6.17 Å². The molecule has 0 aliphatic carbocycles. The Bertz CT molecular complexity index is 810. The molecule has 0 bridgehead atoms. The molecule has 3 nitrogen and oxygen atoms in total. The van der Waals surface area contributed by atoms with Gasteiger partial charge in [-0.3, -0.25) is 0 Å². The fourth-order valence-electron chi connectivity index (χ4n) is 4.21. The Balaban J connectivity index is 1.71. The van der Waals surface area contributed by atoms with E-state index in [4.69, 9.17) is 0 Å². The molecule has 0 amide bonds. The van der Waals surface area contributed by atoms with Gasteiger partial charge in [0.2, 0.25) is 0 Å². The molecule has 0 spiro atoms. The van der Waals surface area contributed by atoms with Crippen LogP contribution in [0.25, 0.3) is 0 Å². The zero-order valence-electron chi connectivity index (χ0n) is 16.8. The highest BCUT2D eigenvalue weighted by Crippen LogP contribution is 2.38. The minimum atomic E-state index is 0.204. The minimum Gasteiger partial charge on any atom is -0.372 e. The van der Waals surface area contributed by atoms with E-state index in [9.17, 15) is 0 Å². The maximum atomic E-state index is 2.51. The lowest BCUT2D eigenvalue weighted by molar-refractivity contribution is 0.717. The van der Waals surface area contributed by atoms with Gasteiger partial charge in [0.1, 0.15) is 6.17 Å². The second-order valence-corrected chi connectivity index (χ2v) is 7.20. The van der Waals surface area contributed by atoms with Gasteiger partial charge >= 0.3 is 0 Å². The first kappa shape index (κ1) is 18.4. The summed E-state index contributed by atoms with van der Waals surface area (Å²) in [6.45, 7) is 8.52. The molecular weight excluding hydrogens is 342 g/mol. The van der Waals surface area contributed by atoms with E-state index in [0.717, 1.165) is 26.2 Å². The van der Waals surface area contributed by atoms with Crippen molar-refractivity contribution in [1.29, 1.82) is 0 Å². The van der Waals surface area contributed by atoms with Gasteiger partial charge in [-0.25, -0.2) is 0 Å². The smallest absolute Gasteiger partial charge is 0.128 e. The van der Waals surface area contributed by atoms with Crippen LogP contribution in [0.1, 0.15) is 25.6 Å². The molecule has 144 valence electrons. The van der Waals surface area contributed by atoms with Gasteiger partial charge in [-0.1, -0.05) is 48.5 Å². The van der Waals surface area contributed by atoms with Crippen LogP contribution in [-0.2, 0) is 0 Å². The zero-order chi connectivity index (χ0) is 19.3. The molecule has 3 aromatic rings. The van der Waals surface area contributed by atoms with Gasteiger partial charge in [-0.2, -0.15) is 0 Å². The van der Waals surface area contributed by atoms with E-state index < -0.39 is 0 Å². The van der Waals surface area contributed by atoms with Crippen LogP contribution in [0, 0.1) is 0 Å². The summed E-state index contributed by atoms with van der Waals surface area (Å²) in [7, 11) is 0. The van der Waals surface area contributed by atoms with Crippen LogP contribution in [0.3, 0.4) is 0 Å². The summed E-state index contributed by atoms with van der Waals surface area (Å²) < 4.78 is 0. The van der Waals surface area contributed by atoms with Crippen molar-refractivity contribution in [2.75, 3.05) is 40.9 Å². The van der Waals surface area contributed by atoms with Crippen LogP contribution in [-0.4, -0.2) is 26.2 Å². The molecule has 3 aromatic carbocycles. The Morgan fingerprint density at radius 1 is 0.679 bits per heavy atom. The van der Waals surface area contributed by atoms with Gasteiger partial charge < -0.3 is 14.7 Å². The number of benzene rings is 3.